The molecule has 0 spiro atoms. The van der Waals surface area contributed by atoms with E-state index in [-0.39, 0.29) is 0 Å². The van der Waals surface area contributed by atoms with E-state index in [0.29, 0.717) is 0 Å². The molecule has 0 fully saturated rings. The number of fused-ring (bicyclic) bond motifs is 14. The monoisotopic (exact) mass is 472 g/mol. The van der Waals surface area contributed by atoms with Gasteiger partial charge in [-0.2, -0.15) is 0 Å². The van der Waals surface area contributed by atoms with Crippen molar-refractivity contribution in [3.8, 4) is 16.8 Å². The van der Waals surface area contributed by atoms with Gasteiger partial charge < -0.3 is 4.57 Å². The van der Waals surface area contributed by atoms with Gasteiger partial charge in [-0.05, 0) is 52.8 Å². The lowest BCUT2D eigenvalue weighted by Gasteiger charge is -2.13. The number of benzene rings is 4. The zero-order valence-corrected chi connectivity index (χ0v) is 19.9. The fourth-order valence-electron chi connectivity index (χ4n) is 6.62. The van der Waals surface area contributed by atoms with Crippen molar-refractivity contribution in [3.63, 3.8) is 0 Å². The quantitative estimate of drug-likeness (QED) is 0.229. The summed E-state index contributed by atoms with van der Waals surface area (Å²) in [6.07, 6.45) is 8.66. The normalized spacial score (nSPS) is 12.8. The fraction of sp³-hybridized carbons (Fsp3) is 0.0303. The highest BCUT2D eigenvalue weighted by molar-refractivity contribution is 6.19. The van der Waals surface area contributed by atoms with E-state index < -0.39 is 0 Å². The minimum absolute atomic E-state index is 0.896. The number of nitrogens with zero attached hydrogens (tertiary/aromatic N) is 4. The molecule has 4 aromatic heterocycles. The number of rotatable bonds is 1. The first-order valence-electron chi connectivity index (χ1n) is 12.6. The molecule has 0 atom stereocenters. The van der Waals surface area contributed by atoms with Gasteiger partial charge in [0.15, 0.2) is 0 Å². The van der Waals surface area contributed by atoms with Gasteiger partial charge in [0.2, 0.25) is 0 Å². The molecule has 0 saturated carbocycles. The van der Waals surface area contributed by atoms with Crippen molar-refractivity contribution in [1.82, 2.24) is 18.9 Å². The van der Waals surface area contributed by atoms with E-state index in [4.69, 9.17) is 4.98 Å². The standard InChI is InChI=1S/C33H20N4/c1-2-6-21(7-3-1)37-28-9-5-4-8-22(28)26-11-10-20-18-27-25(30(20)32(26)37)13-12-24-23-14-15-34-19-29(23)36-17-16-35-33(36)31(24)27/h1-17,19H,18H2. The summed E-state index contributed by atoms with van der Waals surface area (Å²) >= 11 is 0. The first kappa shape index (κ1) is 19.3. The average Bonchev–Trinajstić information content (AvgIpc) is 3.67. The van der Waals surface area contributed by atoms with Crippen LogP contribution in [-0.2, 0) is 6.42 Å². The molecule has 1 aliphatic rings. The van der Waals surface area contributed by atoms with Gasteiger partial charge >= 0.3 is 0 Å². The van der Waals surface area contributed by atoms with Crippen LogP contribution in [0.5, 0.6) is 0 Å². The van der Waals surface area contributed by atoms with Crippen LogP contribution in [0.3, 0.4) is 0 Å². The molecule has 37 heavy (non-hydrogen) atoms. The molecule has 0 unspecified atom stereocenters. The number of hydrogen-bond donors (Lipinski definition) is 0. The fourth-order valence-corrected chi connectivity index (χ4v) is 6.62. The molecule has 4 heteroatoms. The number of aromatic nitrogens is 4. The van der Waals surface area contributed by atoms with Crippen molar-refractivity contribution in [1.29, 1.82) is 0 Å². The topological polar surface area (TPSA) is 35.1 Å². The van der Waals surface area contributed by atoms with Crippen molar-refractivity contribution in [2.75, 3.05) is 0 Å². The zero-order valence-electron chi connectivity index (χ0n) is 19.9. The van der Waals surface area contributed by atoms with Crippen LogP contribution < -0.4 is 0 Å². The van der Waals surface area contributed by atoms with Crippen LogP contribution in [0.4, 0.5) is 0 Å². The Hall–Kier alpha value is -4.96. The summed E-state index contributed by atoms with van der Waals surface area (Å²) in [7, 11) is 0. The summed E-state index contributed by atoms with van der Waals surface area (Å²) < 4.78 is 4.63. The van der Waals surface area contributed by atoms with Crippen LogP contribution in [0.1, 0.15) is 11.1 Å². The number of imidazole rings is 1. The lowest BCUT2D eigenvalue weighted by atomic mass is 9.97. The molecule has 0 amide bonds. The minimum Gasteiger partial charge on any atom is -0.309 e. The Kier molecular flexibility index (Phi) is 3.55. The summed E-state index contributed by atoms with van der Waals surface area (Å²) in [6, 6.07) is 30.9. The lowest BCUT2D eigenvalue weighted by Crippen LogP contribution is -1.95. The predicted molar refractivity (Wildman–Crippen MR) is 151 cm³/mol. The molecular weight excluding hydrogens is 452 g/mol. The van der Waals surface area contributed by atoms with E-state index in [9.17, 15) is 0 Å². The largest absolute Gasteiger partial charge is 0.309 e. The van der Waals surface area contributed by atoms with Crippen LogP contribution >= 0.6 is 0 Å². The molecule has 4 heterocycles. The van der Waals surface area contributed by atoms with Crippen molar-refractivity contribution >= 4 is 49.1 Å². The average molecular weight is 473 g/mol. The predicted octanol–water partition coefficient (Wildman–Crippen LogP) is 7.70. The molecule has 9 rings (SSSR count). The van der Waals surface area contributed by atoms with E-state index in [1.165, 1.54) is 65.9 Å². The minimum atomic E-state index is 0.896. The van der Waals surface area contributed by atoms with Crippen LogP contribution in [0.25, 0.3) is 65.9 Å². The van der Waals surface area contributed by atoms with Crippen molar-refractivity contribution in [3.05, 3.63) is 121 Å². The molecule has 0 aliphatic heterocycles. The zero-order chi connectivity index (χ0) is 24.1. The van der Waals surface area contributed by atoms with Gasteiger partial charge in [-0.3, -0.25) is 9.38 Å². The summed E-state index contributed by atoms with van der Waals surface area (Å²) in [4.78, 5) is 9.23. The molecule has 8 aromatic rings. The maximum absolute atomic E-state index is 4.83. The smallest absolute Gasteiger partial charge is 0.145 e. The maximum atomic E-state index is 4.83. The van der Waals surface area contributed by atoms with Crippen LogP contribution in [-0.4, -0.2) is 18.9 Å². The first-order chi connectivity index (χ1) is 18.4. The SMILES string of the molecule is c1ccc(-n2c3ccccc3c3ccc4c(c32)-c2ccc3c5ccncc5n5ccnc5c3c2C4)cc1. The van der Waals surface area contributed by atoms with Gasteiger partial charge in [0, 0.05) is 51.4 Å². The van der Waals surface area contributed by atoms with Gasteiger partial charge in [-0.25, -0.2) is 4.98 Å². The summed E-state index contributed by atoms with van der Waals surface area (Å²) in [5, 5.41) is 6.27. The Labute approximate surface area is 212 Å². The molecule has 0 bridgehead atoms. The third-order valence-corrected chi connectivity index (χ3v) is 8.10. The van der Waals surface area contributed by atoms with Crippen molar-refractivity contribution in [2.24, 2.45) is 0 Å². The van der Waals surface area contributed by atoms with E-state index in [1.54, 1.807) is 0 Å². The summed E-state index contributed by atoms with van der Waals surface area (Å²) in [5.74, 6) is 0. The molecule has 0 N–H and O–H groups in total. The van der Waals surface area contributed by atoms with E-state index in [0.717, 1.165) is 17.6 Å². The second kappa shape index (κ2) is 6.83. The second-order valence-electron chi connectivity index (χ2n) is 9.89. The van der Waals surface area contributed by atoms with Crippen LogP contribution in [0, 0.1) is 0 Å². The Balaban J connectivity index is 1.47. The van der Waals surface area contributed by atoms with E-state index >= 15 is 0 Å². The van der Waals surface area contributed by atoms with Gasteiger partial charge in [-0.1, -0.05) is 60.7 Å². The van der Waals surface area contributed by atoms with Crippen molar-refractivity contribution < 1.29 is 0 Å². The third-order valence-electron chi connectivity index (χ3n) is 8.10. The van der Waals surface area contributed by atoms with Crippen molar-refractivity contribution in [2.45, 2.75) is 6.42 Å². The molecule has 172 valence electrons. The van der Waals surface area contributed by atoms with Gasteiger partial charge in [-0.15, -0.1) is 0 Å². The molecule has 4 nitrogen and oxygen atoms in total. The number of para-hydroxylation sites is 2. The molecule has 4 aromatic carbocycles. The molecule has 0 saturated heterocycles. The van der Waals surface area contributed by atoms with Crippen LogP contribution in [0.2, 0.25) is 0 Å². The number of hydrogen-bond acceptors (Lipinski definition) is 2. The molecule has 1 aliphatic carbocycles. The van der Waals surface area contributed by atoms with E-state index in [2.05, 4.69) is 98.9 Å². The summed E-state index contributed by atoms with van der Waals surface area (Å²) in [6.45, 7) is 0. The molecule has 0 radical (unpaired) electrons. The van der Waals surface area contributed by atoms with Gasteiger partial charge in [0.05, 0.1) is 22.7 Å². The second-order valence-corrected chi connectivity index (χ2v) is 9.89. The highest BCUT2D eigenvalue weighted by atomic mass is 15.0. The third kappa shape index (κ3) is 2.37. The van der Waals surface area contributed by atoms with Crippen LogP contribution in [0.15, 0.2) is 110 Å². The Morgan fingerprint density at radius 1 is 0.676 bits per heavy atom. The Morgan fingerprint density at radius 3 is 2.46 bits per heavy atom. The summed E-state index contributed by atoms with van der Waals surface area (Å²) in [5.41, 5.74) is 11.2. The van der Waals surface area contributed by atoms with Gasteiger partial charge in [0.1, 0.15) is 5.65 Å². The number of pyridine rings is 2. The highest BCUT2D eigenvalue weighted by Crippen LogP contribution is 2.48. The highest BCUT2D eigenvalue weighted by Gasteiger charge is 2.28. The van der Waals surface area contributed by atoms with Gasteiger partial charge in [0.25, 0.3) is 0 Å². The lowest BCUT2D eigenvalue weighted by molar-refractivity contribution is 1.18. The van der Waals surface area contributed by atoms with E-state index in [1.807, 2.05) is 24.8 Å². The Morgan fingerprint density at radius 2 is 1.51 bits per heavy atom. The Bertz CT molecular complexity index is 2220. The maximum Gasteiger partial charge on any atom is 0.145 e. The first-order valence-corrected chi connectivity index (χ1v) is 12.6. The molecular formula is C33H20N4.